The van der Waals surface area contributed by atoms with Crippen LogP contribution in [0.3, 0.4) is 0 Å². The number of rotatable bonds is 4. The first-order valence-corrected chi connectivity index (χ1v) is 8.14. The van der Waals surface area contributed by atoms with Crippen LogP contribution in [0.1, 0.15) is 35.0 Å². The molecule has 0 unspecified atom stereocenters. The molecule has 0 radical (unpaired) electrons. The number of hydrogen-bond donors (Lipinski definition) is 0. The van der Waals surface area contributed by atoms with Gasteiger partial charge in [0.25, 0.3) is 0 Å². The number of methoxy groups -OCH3 is 1. The molecular formula is C18H17NO3S. The molecule has 0 aliphatic rings. The molecule has 0 atom stereocenters. The van der Waals surface area contributed by atoms with Crippen molar-refractivity contribution in [3.63, 3.8) is 0 Å². The van der Waals surface area contributed by atoms with Gasteiger partial charge in [-0.3, -0.25) is 4.98 Å². The van der Waals surface area contributed by atoms with Crippen molar-refractivity contribution >= 4 is 27.4 Å². The Balaban J connectivity index is 1.93. The second-order valence-corrected chi connectivity index (χ2v) is 6.56. The number of hydrogen-bond acceptors (Lipinski definition) is 5. The number of benzene rings is 1. The van der Waals surface area contributed by atoms with Crippen LogP contribution >= 0.6 is 11.3 Å². The van der Waals surface area contributed by atoms with Crippen molar-refractivity contribution in [2.24, 2.45) is 0 Å². The molecule has 118 valence electrons. The molecule has 1 aromatic carbocycles. The summed E-state index contributed by atoms with van der Waals surface area (Å²) in [6.07, 6.45) is 3.38. The highest BCUT2D eigenvalue weighted by Gasteiger charge is 2.14. The van der Waals surface area contributed by atoms with Crippen LogP contribution in [0.4, 0.5) is 0 Å². The van der Waals surface area contributed by atoms with E-state index in [4.69, 9.17) is 9.47 Å². The highest BCUT2D eigenvalue weighted by atomic mass is 32.1. The van der Waals surface area contributed by atoms with E-state index in [1.807, 2.05) is 12.1 Å². The van der Waals surface area contributed by atoms with Crippen molar-refractivity contribution in [2.75, 3.05) is 7.11 Å². The van der Waals surface area contributed by atoms with E-state index in [9.17, 15) is 4.79 Å². The Hall–Kier alpha value is -2.40. The van der Waals surface area contributed by atoms with E-state index in [0.29, 0.717) is 16.5 Å². The fourth-order valence-electron chi connectivity index (χ4n) is 2.27. The average molecular weight is 327 g/mol. The molecule has 0 saturated heterocycles. The minimum absolute atomic E-state index is 0.349. The third-order valence-corrected chi connectivity index (χ3v) is 4.62. The molecule has 4 nitrogen and oxygen atoms in total. The summed E-state index contributed by atoms with van der Waals surface area (Å²) >= 11 is 1.34. The van der Waals surface area contributed by atoms with Crippen molar-refractivity contribution in [3.05, 3.63) is 53.2 Å². The molecule has 0 amide bonds. The summed E-state index contributed by atoms with van der Waals surface area (Å²) in [6.45, 7) is 4.31. The Morgan fingerprint density at radius 1 is 1.17 bits per heavy atom. The number of ether oxygens (including phenoxy) is 2. The Kier molecular flexibility index (Phi) is 4.30. The number of pyridine rings is 1. The monoisotopic (exact) mass is 327 g/mol. The number of thiophene rings is 1. The van der Waals surface area contributed by atoms with Gasteiger partial charge >= 0.3 is 5.97 Å². The average Bonchev–Trinajstić information content (AvgIpc) is 3.00. The van der Waals surface area contributed by atoms with Gasteiger partial charge in [0.2, 0.25) is 0 Å². The van der Waals surface area contributed by atoms with Crippen molar-refractivity contribution in [1.29, 1.82) is 0 Å². The molecule has 5 heteroatoms. The number of nitrogens with zero attached hydrogens (tertiary/aromatic N) is 1. The SMILES string of the molecule is COC(=O)c1cc2c(Oc3ccc(C(C)C)cc3)cncc2s1. The first kappa shape index (κ1) is 15.5. The van der Waals surface area contributed by atoms with Gasteiger partial charge in [-0.15, -0.1) is 11.3 Å². The fourth-order valence-corrected chi connectivity index (χ4v) is 3.23. The molecular weight excluding hydrogens is 310 g/mol. The second kappa shape index (κ2) is 6.38. The standard InChI is InChI=1S/C18H17NO3S/c1-11(2)12-4-6-13(7-5-12)22-15-9-19-10-17-14(15)8-16(23-17)18(20)21-3/h4-11H,1-3H3. The Morgan fingerprint density at radius 2 is 1.91 bits per heavy atom. The lowest BCUT2D eigenvalue weighted by Gasteiger charge is -2.09. The summed E-state index contributed by atoms with van der Waals surface area (Å²) in [5.74, 6) is 1.51. The largest absolute Gasteiger partial charge is 0.465 e. The van der Waals surface area contributed by atoms with Gasteiger partial charge in [-0.25, -0.2) is 4.79 Å². The summed E-state index contributed by atoms with van der Waals surface area (Å²) in [7, 11) is 1.37. The van der Waals surface area contributed by atoms with Gasteiger partial charge in [0.05, 0.1) is 18.0 Å². The predicted molar refractivity (Wildman–Crippen MR) is 91.6 cm³/mol. The molecule has 0 fully saturated rings. The quantitative estimate of drug-likeness (QED) is 0.633. The number of aromatic nitrogens is 1. The number of carbonyl (C=O) groups excluding carboxylic acids is 1. The topological polar surface area (TPSA) is 48.4 Å². The molecule has 3 rings (SSSR count). The van der Waals surface area contributed by atoms with Crippen molar-refractivity contribution < 1.29 is 14.3 Å². The van der Waals surface area contributed by atoms with E-state index in [2.05, 4.69) is 31.0 Å². The molecule has 3 aromatic rings. The van der Waals surface area contributed by atoms with Crippen LogP contribution in [0.15, 0.2) is 42.7 Å². The van der Waals surface area contributed by atoms with E-state index in [-0.39, 0.29) is 5.97 Å². The Bertz CT molecular complexity index is 837. The van der Waals surface area contributed by atoms with Crippen LogP contribution in [0, 0.1) is 0 Å². The van der Waals surface area contributed by atoms with Crippen LogP contribution in [-0.2, 0) is 4.74 Å². The summed E-state index contributed by atoms with van der Waals surface area (Å²) in [6, 6.07) is 9.79. The highest BCUT2D eigenvalue weighted by Crippen LogP contribution is 2.34. The van der Waals surface area contributed by atoms with E-state index in [0.717, 1.165) is 15.8 Å². The maximum Gasteiger partial charge on any atom is 0.348 e. The third-order valence-electron chi connectivity index (χ3n) is 3.57. The summed E-state index contributed by atoms with van der Waals surface area (Å²) < 4.78 is 11.6. The third kappa shape index (κ3) is 3.19. The molecule has 0 aliphatic heterocycles. The van der Waals surface area contributed by atoms with Crippen LogP contribution in [0.2, 0.25) is 0 Å². The lowest BCUT2D eigenvalue weighted by Crippen LogP contribution is -1.96. The van der Waals surface area contributed by atoms with Gasteiger partial charge in [-0.2, -0.15) is 0 Å². The van der Waals surface area contributed by atoms with Crippen LogP contribution in [0.5, 0.6) is 11.5 Å². The summed E-state index contributed by atoms with van der Waals surface area (Å²) in [5.41, 5.74) is 1.26. The lowest BCUT2D eigenvalue weighted by atomic mass is 10.0. The normalized spacial score (nSPS) is 11.0. The van der Waals surface area contributed by atoms with Gasteiger partial charge in [-0.1, -0.05) is 26.0 Å². The zero-order chi connectivity index (χ0) is 16.4. The van der Waals surface area contributed by atoms with E-state index in [1.54, 1.807) is 18.5 Å². The van der Waals surface area contributed by atoms with Crippen LogP contribution in [0.25, 0.3) is 10.1 Å². The highest BCUT2D eigenvalue weighted by molar-refractivity contribution is 7.20. The Labute approximate surface area is 138 Å². The molecule has 0 aliphatic carbocycles. The molecule has 2 heterocycles. The van der Waals surface area contributed by atoms with E-state index < -0.39 is 0 Å². The number of carbonyl (C=O) groups is 1. The van der Waals surface area contributed by atoms with Crippen molar-refractivity contribution in [2.45, 2.75) is 19.8 Å². The summed E-state index contributed by atoms with van der Waals surface area (Å²) in [5, 5.41) is 0.860. The summed E-state index contributed by atoms with van der Waals surface area (Å²) in [4.78, 5) is 16.4. The smallest absolute Gasteiger partial charge is 0.348 e. The van der Waals surface area contributed by atoms with Crippen molar-refractivity contribution in [1.82, 2.24) is 4.98 Å². The molecule has 23 heavy (non-hydrogen) atoms. The molecule has 2 aromatic heterocycles. The fraction of sp³-hybridized carbons (Fsp3) is 0.222. The maximum atomic E-state index is 11.7. The molecule has 0 N–H and O–H groups in total. The van der Waals surface area contributed by atoms with E-state index in [1.165, 1.54) is 24.0 Å². The van der Waals surface area contributed by atoms with Gasteiger partial charge < -0.3 is 9.47 Å². The lowest BCUT2D eigenvalue weighted by molar-refractivity contribution is 0.0606. The second-order valence-electron chi connectivity index (χ2n) is 5.48. The zero-order valence-corrected chi connectivity index (χ0v) is 14.0. The minimum atomic E-state index is -0.349. The molecule has 0 saturated carbocycles. The molecule has 0 spiro atoms. The minimum Gasteiger partial charge on any atom is -0.465 e. The van der Waals surface area contributed by atoms with Crippen LogP contribution < -0.4 is 4.74 Å². The predicted octanol–water partition coefficient (Wildman–Crippen LogP) is 5.00. The van der Waals surface area contributed by atoms with E-state index >= 15 is 0 Å². The number of esters is 1. The molecule has 0 bridgehead atoms. The van der Waals surface area contributed by atoms with Gasteiger partial charge in [-0.05, 0) is 29.7 Å². The van der Waals surface area contributed by atoms with Crippen LogP contribution in [-0.4, -0.2) is 18.1 Å². The zero-order valence-electron chi connectivity index (χ0n) is 13.2. The maximum absolute atomic E-state index is 11.7. The van der Waals surface area contributed by atoms with Crippen molar-refractivity contribution in [3.8, 4) is 11.5 Å². The van der Waals surface area contributed by atoms with Gasteiger partial charge in [0.15, 0.2) is 5.75 Å². The van der Waals surface area contributed by atoms with Gasteiger partial charge in [0, 0.05) is 11.6 Å². The van der Waals surface area contributed by atoms with Gasteiger partial charge in [0.1, 0.15) is 10.6 Å². The first-order chi connectivity index (χ1) is 11.1. The first-order valence-electron chi connectivity index (χ1n) is 7.32. The Morgan fingerprint density at radius 3 is 2.57 bits per heavy atom. The number of fused-ring (bicyclic) bond motifs is 1.